The van der Waals surface area contributed by atoms with Gasteiger partial charge in [0.1, 0.15) is 0 Å². The monoisotopic (exact) mass is 239 g/mol. The van der Waals surface area contributed by atoms with Gasteiger partial charge in [-0.3, -0.25) is 9.89 Å². The summed E-state index contributed by atoms with van der Waals surface area (Å²) in [4.78, 5) is 10.2. The van der Waals surface area contributed by atoms with Crippen molar-refractivity contribution in [3.63, 3.8) is 0 Å². The number of benzene rings is 1. The average molecular weight is 239 g/mol. The van der Waals surface area contributed by atoms with Crippen LogP contribution < -0.4 is 0 Å². The van der Waals surface area contributed by atoms with Crippen molar-refractivity contribution in [2.45, 2.75) is 6.54 Å². The van der Waals surface area contributed by atoms with Gasteiger partial charge in [-0.1, -0.05) is 24.8 Å². The SMILES string of the molecule is C=Cc1cccc2[nH]c3c(c12)C(=NC)CN(C)C3. The molecule has 3 heteroatoms. The lowest BCUT2D eigenvalue weighted by molar-refractivity contribution is 0.362. The lowest BCUT2D eigenvalue weighted by Gasteiger charge is -2.24. The van der Waals surface area contributed by atoms with Gasteiger partial charge in [0.25, 0.3) is 0 Å². The minimum absolute atomic E-state index is 0.905. The van der Waals surface area contributed by atoms with Crippen molar-refractivity contribution in [2.24, 2.45) is 4.99 Å². The van der Waals surface area contributed by atoms with E-state index in [1.54, 1.807) is 0 Å². The molecule has 0 saturated heterocycles. The molecule has 1 aromatic heterocycles. The third-order valence-corrected chi connectivity index (χ3v) is 3.56. The third kappa shape index (κ3) is 1.51. The molecule has 1 aromatic carbocycles. The minimum Gasteiger partial charge on any atom is -0.357 e. The Labute approximate surface area is 107 Å². The third-order valence-electron chi connectivity index (χ3n) is 3.56. The van der Waals surface area contributed by atoms with Gasteiger partial charge in [-0.15, -0.1) is 0 Å². The fourth-order valence-electron chi connectivity index (χ4n) is 2.78. The van der Waals surface area contributed by atoms with E-state index in [2.05, 4.69) is 46.7 Å². The summed E-state index contributed by atoms with van der Waals surface area (Å²) in [5, 5.41) is 1.26. The van der Waals surface area contributed by atoms with Crippen LogP contribution in [0.1, 0.15) is 16.8 Å². The molecule has 2 heterocycles. The van der Waals surface area contributed by atoms with Gasteiger partial charge in [0.15, 0.2) is 0 Å². The molecule has 0 unspecified atom stereocenters. The van der Waals surface area contributed by atoms with Crippen LogP contribution in [0.4, 0.5) is 0 Å². The van der Waals surface area contributed by atoms with Crippen molar-refractivity contribution in [1.29, 1.82) is 0 Å². The number of likely N-dealkylation sites (N-methyl/N-ethyl adjacent to an activating group) is 1. The van der Waals surface area contributed by atoms with Gasteiger partial charge in [0, 0.05) is 42.3 Å². The molecule has 0 atom stereocenters. The highest BCUT2D eigenvalue weighted by atomic mass is 15.1. The number of fused-ring (bicyclic) bond motifs is 3. The first-order valence-corrected chi connectivity index (χ1v) is 6.15. The van der Waals surface area contributed by atoms with E-state index < -0.39 is 0 Å². The first-order chi connectivity index (χ1) is 8.74. The Balaban J connectivity index is 2.38. The summed E-state index contributed by atoms with van der Waals surface area (Å²) in [6.07, 6.45) is 1.92. The second-order valence-electron chi connectivity index (χ2n) is 4.80. The Kier molecular flexibility index (Phi) is 2.56. The normalized spacial score (nSPS) is 18.2. The number of nitrogens with zero attached hydrogens (tertiary/aromatic N) is 2. The zero-order valence-electron chi connectivity index (χ0n) is 10.8. The van der Waals surface area contributed by atoms with E-state index >= 15 is 0 Å². The summed E-state index contributed by atoms with van der Waals surface area (Å²) < 4.78 is 0. The Morgan fingerprint density at radius 2 is 2.22 bits per heavy atom. The van der Waals surface area contributed by atoms with Crippen molar-refractivity contribution >= 4 is 22.7 Å². The Morgan fingerprint density at radius 3 is 2.94 bits per heavy atom. The van der Waals surface area contributed by atoms with Crippen LogP contribution in [0.3, 0.4) is 0 Å². The van der Waals surface area contributed by atoms with E-state index in [4.69, 9.17) is 0 Å². The number of H-pyrrole nitrogens is 1. The van der Waals surface area contributed by atoms with Crippen LogP contribution in [0.5, 0.6) is 0 Å². The maximum Gasteiger partial charge on any atom is 0.0582 e. The summed E-state index contributed by atoms with van der Waals surface area (Å²) in [5.41, 5.74) is 6.04. The van der Waals surface area contributed by atoms with Crippen molar-refractivity contribution < 1.29 is 0 Å². The van der Waals surface area contributed by atoms with Crippen LogP contribution in [0, 0.1) is 0 Å². The van der Waals surface area contributed by atoms with E-state index in [-0.39, 0.29) is 0 Å². The molecule has 92 valence electrons. The number of nitrogens with one attached hydrogen (secondary N) is 1. The van der Waals surface area contributed by atoms with Crippen molar-refractivity contribution in [3.05, 3.63) is 41.6 Å². The predicted octanol–water partition coefficient (Wildman–Crippen LogP) is 2.68. The van der Waals surface area contributed by atoms with Crippen molar-refractivity contribution in [2.75, 3.05) is 20.6 Å². The maximum absolute atomic E-state index is 4.46. The van der Waals surface area contributed by atoms with Gasteiger partial charge in [-0.05, 0) is 18.7 Å². The summed E-state index contributed by atoms with van der Waals surface area (Å²) in [7, 11) is 3.99. The lowest BCUT2D eigenvalue weighted by Crippen LogP contribution is -2.32. The summed E-state index contributed by atoms with van der Waals surface area (Å²) in [5.74, 6) is 0. The Hall–Kier alpha value is -1.87. The van der Waals surface area contributed by atoms with E-state index in [0.29, 0.717) is 0 Å². The molecule has 0 fully saturated rings. The quantitative estimate of drug-likeness (QED) is 0.815. The maximum atomic E-state index is 4.46. The van der Waals surface area contributed by atoms with Crippen molar-refractivity contribution in [3.8, 4) is 0 Å². The topological polar surface area (TPSA) is 31.4 Å². The summed E-state index contributed by atoms with van der Waals surface area (Å²) in [6.45, 7) is 5.76. The molecular formula is C15H17N3. The molecule has 0 bridgehead atoms. The van der Waals surface area contributed by atoms with Crippen LogP contribution in [0.15, 0.2) is 29.8 Å². The Bertz CT molecular complexity index is 649. The molecular weight excluding hydrogens is 222 g/mol. The molecule has 0 spiro atoms. The average Bonchev–Trinajstić information content (AvgIpc) is 2.75. The number of aromatic nitrogens is 1. The molecule has 0 radical (unpaired) electrons. The molecule has 0 amide bonds. The van der Waals surface area contributed by atoms with Crippen LogP contribution in [-0.4, -0.2) is 36.2 Å². The van der Waals surface area contributed by atoms with E-state index in [1.165, 1.54) is 27.7 Å². The number of aliphatic imine (C=N–C) groups is 1. The van der Waals surface area contributed by atoms with Gasteiger partial charge >= 0.3 is 0 Å². The molecule has 0 aliphatic carbocycles. The lowest BCUT2D eigenvalue weighted by atomic mass is 9.98. The first kappa shape index (κ1) is 11.2. The molecule has 1 N–H and O–H groups in total. The molecule has 3 nitrogen and oxygen atoms in total. The number of hydrogen-bond acceptors (Lipinski definition) is 2. The Morgan fingerprint density at radius 1 is 1.39 bits per heavy atom. The van der Waals surface area contributed by atoms with Crippen LogP contribution >= 0.6 is 0 Å². The van der Waals surface area contributed by atoms with Gasteiger partial charge < -0.3 is 4.98 Å². The molecule has 18 heavy (non-hydrogen) atoms. The number of aromatic amines is 1. The van der Waals surface area contributed by atoms with Crippen LogP contribution in [0.2, 0.25) is 0 Å². The fraction of sp³-hybridized carbons (Fsp3) is 0.267. The van der Waals surface area contributed by atoms with Crippen LogP contribution in [0.25, 0.3) is 17.0 Å². The minimum atomic E-state index is 0.905. The largest absolute Gasteiger partial charge is 0.357 e. The molecule has 0 saturated carbocycles. The zero-order valence-corrected chi connectivity index (χ0v) is 10.8. The van der Waals surface area contributed by atoms with E-state index in [0.717, 1.165) is 18.8 Å². The standard InChI is InChI=1S/C15H17N3/c1-4-10-6-5-7-11-14(10)15-12(16-2)8-18(3)9-13(15)17-11/h4-7,17H,1,8-9H2,2-3H3. The van der Waals surface area contributed by atoms with E-state index in [1.807, 2.05) is 13.1 Å². The number of hydrogen-bond donors (Lipinski definition) is 1. The highest BCUT2D eigenvalue weighted by molar-refractivity contribution is 6.15. The van der Waals surface area contributed by atoms with Gasteiger partial charge in [0.05, 0.1) is 5.71 Å². The summed E-state index contributed by atoms with van der Waals surface area (Å²) >= 11 is 0. The zero-order chi connectivity index (χ0) is 12.7. The van der Waals surface area contributed by atoms with Gasteiger partial charge in [-0.2, -0.15) is 0 Å². The first-order valence-electron chi connectivity index (χ1n) is 6.15. The molecule has 2 aromatic rings. The highest BCUT2D eigenvalue weighted by Gasteiger charge is 2.24. The van der Waals surface area contributed by atoms with Gasteiger partial charge in [-0.25, -0.2) is 0 Å². The van der Waals surface area contributed by atoms with Gasteiger partial charge in [0.2, 0.25) is 0 Å². The highest BCUT2D eigenvalue weighted by Crippen LogP contribution is 2.30. The smallest absolute Gasteiger partial charge is 0.0582 e. The second-order valence-corrected chi connectivity index (χ2v) is 4.80. The molecule has 3 rings (SSSR count). The van der Waals surface area contributed by atoms with Crippen molar-refractivity contribution in [1.82, 2.24) is 9.88 Å². The van der Waals surface area contributed by atoms with E-state index in [9.17, 15) is 0 Å². The molecule has 1 aliphatic rings. The summed E-state index contributed by atoms with van der Waals surface area (Å²) in [6, 6.07) is 6.29. The predicted molar refractivity (Wildman–Crippen MR) is 77.2 cm³/mol. The molecule has 1 aliphatic heterocycles. The van der Waals surface area contributed by atoms with Crippen LogP contribution in [-0.2, 0) is 6.54 Å². The second kappa shape index (κ2) is 4.10. The number of rotatable bonds is 1. The fourth-order valence-corrected chi connectivity index (χ4v) is 2.78.